The highest BCUT2D eigenvalue weighted by Gasteiger charge is 2.37. The number of amides is 2. The highest BCUT2D eigenvalue weighted by molar-refractivity contribution is 8.15. The molecule has 2 amide bonds. The Morgan fingerprint density at radius 2 is 2.12 bits per heavy atom. The quantitative estimate of drug-likeness (QED) is 0.790. The van der Waals surface area contributed by atoms with E-state index in [1.807, 2.05) is 12.1 Å². The van der Waals surface area contributed by atoms with Gasteiger partial charge in [0, 0.05) is 0 Å². The molecule has 0 aromatic heterocycles. The fourth-order valence-electron chi connectivity index (χ4n) is 2.37. The van der Waals surface area contributed by atoms with Gasteiger partial charge >= 0.3 is 5.97 Å². The van der Waals surface area contributed by atoms with Gasteiger partial charge in [0.2, 0.25) is 5.91 Å². The molecular formula is C15H15N3O5S2. The molecule has 3 rings (SSSR count). The molecule has 0 spiro atoms. The van der Waals surface area contributed by atoms with Crippen molar-refractivity contribution in [1.82, 2.24) is 10.3 Å². The van der Waals surface area contributed by atoms with E-state index < -0.39 is 17.1 Å². The number of hydrogen-bond donors (Lipinski definition) is 2. The second kappa shape index (κ2) is 7.36. The predicted octanol–water partition coefficient (Wildman–Crippen LogP) is 1.25. The van der Waals surface area contributed by atoms with E-state index in [9.17, 15) is 14.4 Å². The van der Waals surface area contributed by atoms with E-state index in [1.54, 1.807) is 19.2 Å². The minimum atomic E-state index is -1.06. The summed E-state index contributed by atoms with van der Waals surface area (Å²) in [4.78, 5) is 34.7. The first-order valence-corrected chi connectivity index (χ1v) is 9.26. The molecule has 2 aliphatic rings. The van der Waals surface area contributed by atoms with E-state index in [0.29, 0.717) is 5.75 Å². The van der Waals surface area contributed by atoms with Crippen molar-refractivity contribution < 1.29 is 24.2 Å². The summed E-state index contributed by atoms with van der Waals surface area (Å²) in [6.07, 6.45) is -0.292. The number of nitrogens with one attached hydrogen (secondary N) is 1. The maximum atomic E-state index is 12.2. The molecule has 2 heterocycles. The van der Waals surface area contributed by atoms with Gasteiger partial charge in [0.1, 0.15) is 16.4 Å². The van der Waals surface area contributed by atoms with Gasteiger partial charge in [-0.1, -0.05) is 23.9 Å². The first-order chi connectivity index (χ1) is 12.0. The average Bonchev–Trinajstić information content (AvgIpc) is 3.11. The minimum Gasteiger partial charge on any atom is -0.497 e. The van der Waals surface area contributed by atoms with Crippen LogP contribution < -0.4 is 10.1 Å². The van der Waals surface area contributed by atoms with Crippen molar-refractivity contribution >= 4 is 46.5 Å². The van der Waals surface area contributed by atoms with Gasteiger partial charge in [-0.15, -0.1) is 16.9 Å². The summed E-state index contributed by atoms with van der Waals surface area (Å²) in [5.41, 5.74) is 0.886. The van der Waals surface area contributed by atoms with Gasteiger partial charge in [0.15, 0.2) is 5.17 Å². The molecule has 2 saturated heterocycles. The van der Waals surface area contributed by atoms with Crippen LogP contribution in [-0.4, -0.2) is 51.2 Å². The zero-order valence-electron chi connectivity index (χ0n) is 13.2. The van der Waals surface area contributed by atoms with Gasteiger partial charge in [-0.25, -0.2) is 5.01 Å². The normalized spacial score (nSPS) is 24.7. The van der Waals surface area contributed by atoms with E-state index in [2.05, 4.69) is 10.4 Å². The molecule has 10 heteroatoms. The molecule has 0 unspecified atom stereocenters. The minimum absolute atomic E-state index is 0.171. The largest absolute Gasteiger partial charge is 0.497 e. The Morgan fingerprint density at radius 3 is 2.76 bits per heavy atom. The molecule has 0 aliphatic carbocycles. The van der Waals surface area contributed by atoms with Crippen LogP contribution in [0.3, 0.4) is 0 Å². The van der Waals surface area contributed by atoms with Crippen LogP contribution in [0.15, 0.2) is 29.4 Å². The van der Waals surface area contributed by atoms with Gasteiger partial charge in [-0.2, -0.15) is 0 Å². The fourth-order valence-corrected chi connectivity index (χ4v) is 4.42. The summed E-state index contributed by atoms with van der Waals surface area (Å²) >= 11 is 2.46. The molecular weight excluding hydrogens is 366 g/mol. The Morgan fingerprint density at radius 1 is 1.40 bits per heavy atom. The topological polar surface area (TPSA) is 108 Å². The van der Waals surface area contributed by atoms with Crippen LogP contribution in [-0.2, 0) is 14.4 Å². The number of hydrogen-bond acceptors (Lipinski definition) is 7. The number of carboxylic acid groups (broad SMARTS) is 1. The second-order valence-corrected chi connectivity index (χ2v) is 7.53. The molecule has 25 heavy (non-hydrogen) atoms. The van der Waals surface area contributed by atoms with E-state index >= 15 is 0 Å². The molecule has 0 radical (unpaired) electrons. The lowest BCUT2D eigenvalue weighted by Gasteiger charge is -2.19. The van der Waals surface area contributed by atoms with Gasteiger partial charge in [0.05, 0.1) is 19.3 Å². The summed E-state index contributed by atoms with van der Waals surface area (Å²) in [5, 5.41) is 16.1. The van der Waals surface area contributed by atoms with E-state index in [4.69, 9.17) is 9.84 Å². The van der Waals surface area contributed by atoms with Crippen molar-refractivity contribution in [3.05, 3.63) is 29.8 Å². The predicted molar refractivity (Wildman–Crippen MR) is 94.2 cm³/mol. The van der Waals surface area contributed by atoms with Crippen LogP contribution in [0.4, 0.5) is 0 Å². The van der Waals surface area contributed by atoms with Gasteiger partial charge < -0.3 is 15.2 Å². The van der Waals surface area contributed by atoms with Crippen LogP contribution >= 0.6 is 23.5 Å². The summed E-state index contributed by atoms with van der Waals surface area (Å²) in [6, 6.07) is 7.32. The molecule has 2 fully saturated rings. The van der Waals surface area contributed by atoms with E-state index in [0.717, 1.165) is 17.3 Å². The number of aliphatic carboxylic acids is 1. The zero-order valence-corrected chi connectivity index (χ0v) is 14.8. The second-order valence-electron chi connectivity index (χ2n) is 5.27. The number of hydrazone groups is 1. The van der Waals surface area contributed by atoms with Crippen LogP contribution in [0.5, 0.6) is 5.75 Å². The van der Waals surface area contributed by atoms with Crippen molar-refractivity contribution in [2.45, 2.75) is 17.0 Å². The molecule has 1 aromatic rings. The van der Waals surface area contributed by atoms with E-state index in [-0.39, 0.29) is 28.6 Å². The van der Waals surface area contributed by atoms with Crippen molar-refractivity contribution in [2.75, 3.05) is 12.9 Å². The molecule has 2 N–H and O–H groups in total. The SMILES string of the molecule is COc1ccc([C@@H]2SCC(=O)N2/N=C2/NC(=O)[C@H](CC(=O)O)S2)cc1. The number of benzene rings is 1. The van der Waals surface area contributed by atoms with Crippen molar-refractivity contribution in [3.63, 3.8) is 0 Å². The Bertz CT molecular complexity index is 737. The fraction of sp³-hybridized carbons (Fsp3) is 0.333. The van der Waals surface area contributed by atoms with Crippen LogP contribution in [0, 0.1) is 0 Å². The number of carbonyl (C=O) groups excluding carboxylic acids is 2. The lowest BCUT2D eigenvalue weighted by atomic mass is 10.2. The zero-order chi connectivity index (χ0) is 18.0. The third kappa shape index (κ3) is 3.90. The highest BCUT2D eigenvalue weighted by atomic mass is 32.2. The maximum absolute atomic E-state index is 12.2. The number of rotatable bonds is 5. The number of ether oxygens (including phenoxy) is 1. The number of nitrogens with zero attached hydrogens (tertiary/aromatic N) is 2. The third-order valence-electron chi connectivity index (χ3n) is 3.58. The molecule has 1 aromatic carbocycles. The van der Waals surface area contributed by atoms with Crippen molar-refractivity contribution in [1.29, 1.82) is 0 Å². The standard InChI is InChI=1S/C15H15N3O5S2/c1-23-9-4-2-8(3-5-9)14-18(11(19)7-24-14)17-15-16-13(22)10(25-15)6-12(20)21/h2-5,10,14H,6-7H2,1H3,(H,20,21)(H,16,17,22)/t10-,14-/m0/s1. The first-order valence-electron chi connectivity index (χ1n) is 7.33. The average molecular weight is 381 g/mol. The van der Waals surface area contributed by atoms with Gasteiger partial charge in [0.25, 0.3) is 5.91 Å². The Balaban J connectivity index is 1.78. The summed E-state index contributed by atoms with van der Waals surface area (Å²) in [7, 11) is 1.58. The van der Waals surface area contributed by atoms with E-state index in [1.165, 1.54) is 16.8 Å². The Labute approximate surface area is 152 Å². The summed E-state index contributed by atoms with van der Waals surface area (Å²) < 4.78 is 5.13. The molecule has 132 valence electrons. The third-order valence-corrected chi connectivity index (χ3v) is 5.85. The smallest absolute Gasteiger partial charge is 0.305 e. The molecule has 8 nitrogen and oxygen atoms in total. The number of carbonyl (C=O) groups is 3. The van der Waals surface area contributed by atoms with Crippen LogP contribution in [0.25, 0.3) is 0 Å². The van der Waals surface area contributed by atoms with Gasteiger partial charge in [-0.3, -0.25) is 14.4 Å². The van der Waals surface area contributed by atoms with Crippen molar-refractivity contribution in [3.8, 4) is 5.75 Å². The lowest BCUT2D eigenvalue weighted by Crippen LogP contribution is -2.29. The molecule has 2 atom stereocenters. The van der Waals surface area contributed by atoms with Gasteiger partial charge in [-0.05, 0) is 17.7 Å². The molecule has 0 bridgehead atoms. The highest BCUT2D eigenvalue weighted by Crippen LogP contribution is 2.40. The number of methoxy groups -OCH3 is 1. The summed E-state index contributed by atoms with van der Waals surface area (Å²) in [5.74, 6) is -0.643. The molecule has 0 saturated carbocycles. The summed E-state index contributed by atoms with van der Waals surface area (Å²) in [6.45, 7) is 0. The monoisotopic (exact) mass is 381 g/mol. The Hall–Kier alpha value is -2.20. The lowest BCUT2D eigenvalue weighted by molar-refractivity contribution is -0.138. The number of amidine groups is 1. The van der Waals surface area contributed by atoms with Crippen LogP contribution in [0.2, 0.25) is 0 Å². The molecule has 2 aliphatic heterocycles. The Kier molecular flexibility index (Phi) is 5.19. The maximum Gasteiger partial charge on any atom is 0.305 e. The van der Waals surface area contributed by atoms with Crippen molar-refractivity contribution in [2.24, 2.45) is 5.10 Å². The number of carboxylic acids is 1. The number of thioether (sulfide) groups is 2. The van der Waals surface area contributed by atoms with Crippen LogP contribution in [0.1, 0.15) is 17.4 Å². The first kappa shape index (κ1) is 17.6.